The van der Waals surface area contributed by atoms with E-state index in [0.717, 1.165) is 36.1 Å². The van der Waals surface area contributed by atoms with E-state index in [0.29, 0.717) is 29.4 Å². The minimum Gasteiger partial charge on any atom is -0.469 e. The van der Waals surface area contributed by atoms with Gasteiger partial charge in [0.25, 0.3) is 5.56 Å². The molecule has 194 valence electrons. The highest BCUT2D eigenvalue weighted by atomic mass is 35.5. The quantitative estimate of drug-likeness (QED) is 0.394. The number of amides is 1. The summed E-state index contributed by atoms with van der Waals surface area (Å²) in [6, 6.07) is 16.8. The molecule has 1 unspecified atom stereocenters. The second-order valence-corrected chi connectivity index (χ2v) is 9.95. The van der Waals surface area contributed by atoms with Gasteiger partial charge in [-0.2, -0.15) is 0 Å². The van der Waals surface area contributed by atoms with Crippen molar-refractivity contribution in [3.05, 3.63) is 86.8 Å². The van der Waals surface area contributed by atoms with Crippen LogP contribution in [0.25, 0.3) is 11.4 Å². The van der Waals surface area contributed by atoms with Gasteiger partial charge in [0.05, 0.1) is 30.8 Å². The SMILES string of the molecule is CCCCC1CN(C(=O)C[C@@H](Cc2ccccc2)C(=O)OC)Cc2c1nc(-c1ccc(Cl)cc1)[nH]c2=O. The Labute approximate surface area is 221 Å². The van der Waals surface area contributed by atoms with Crippen LogP contribution in [0.4, 0.5) is 0 Å². The van der Waals surface area contributed by atoms with Crippen molar-refractivity contribution >= 4 is 23.5 Å². The third kappa shape index (κ3) is 6.46. The highest BCUT2D eigenvalue weighted by molar-refractivity contribution is 6.30. The minimum absolute atomic E-state index is 0.0194. The topological polar surface area (TPSA) is 92.4 Å². The number of fused-ring (bicyclic) bond motifs is 1. The third-order valence-electron chi connectivity index (χ3n) is 6.88. The molecule has 4 rings (SSSR count). The van der Waals surface area contributed by atoms with Gasteiger partial charge in [-0.05, 0) is 42.7 Å². The number of aromatic amines is 1. The van der Waals surface area contributed by atoms with Gasteiger partial charge >= 0.3 is 5.97 Å². The van der Waals surface area contributed by atoms with Crippen LogP contribution in [0.3, 0.4) is 0 Å². The molecule has 3 aromatic rings. The summed E-state index contributed by atoms with van der Waals surface area (Å²) in [5.74, 6) is -0.745. The van der Waals surface area contributed by atoms with Crippen LogP contribution in [-0.4, -0.2) is 40.4 Å². The van der Waals surface area contributed by atoms with Crippen LogP contribution in [-0.2, 0) is 27.3 Å². The largest absolute Gasteiger partial charge is 0.469 e. The van der Waals surface area contributed by atoms with E-state index < -0.39 is 11.9 Å². The molecule has 0 saturated carbocycles. The molecule has 0 aliphatic carbocycles. The maximum Gasteiger partial charge on any atom is 0.309 e. The van der Waals surface area contributed by atoms with Crippen LogP contribution < -0.4 is 5.56 Å². The predicted octanol–water partition coefficient (Wildman–Crippen LogP) is 5.13. The first-order valence-corrected chi connectivity index (χ1v) is 13.1. The summed E-state index contributed by atoms with van der Waals surface area (Å²) < 4.78 is 5.00. The number of hydrogen-bond donors (Lipinski definition) is 1. The van der Waals surface area contributed by atoms with Crippen molar-refractivity contribution < 1.29 is 14.3 Å². The Morgan fingerprint density at radius 1 is 1.16 bits per heavy atom. The van der Waals surface area contributed by atoms with Crippen LogP contribution in [0, 0.1) is 5.92 Å². The van der Waals surface area contributed by atoms with Crippen LogP contribution in [0.2, 0.25) is 5.02 Å². The van der Waals surface area contributed by atoms with E-state index in [1.165, 1.54) is 7.11 Å². The first-order chi connectivity index (χ1) is 17.9. The summed E-state index contributed by atoms with van der Waals surface area (Å²) in [5.41, 5.74) is 2.75. The van der Waals surface area contributed by atoms with E-state index in [2.05, 4.69) is 11.9 Å². The number of methoxy groups -OCH3 is 1. The number of nitrogens with zero attached hydrogens (tertiary/aromatic N) is 2. The molecule has 2 heterocycles. The number of unbranched alkanes of at least 4 members (excludes halogenated alkanes) is 1. The van der Waals surface area contributed by atoms with Crippen molar-refractivity contribution in [2.45, 2.75) is 51.5 Å². The summed E-state index contributed by atoms with van der Waals surface area (Å²) in [4.78, 5) is 48.6. The highest BCUT2D eigenvalue weighted by Crippen LogP contribution is 2.31. The molecule has 8 heteroatoms. The number of halogens is 1. The number of H-pyrrole nitrogens is 1. The van der Waals surface area contributed by atoms with Gasteiger partial charge in [-0.1, -0.05) is 61.7 Å². The molecule has 1 aliphatic rings. The average Bonchev–Trinajstić information content (AvgIpc) is 2.91. The number of ether oxygens (including phenoxy) is 1. The lowest BCUT2D eigenvalue weighted by Crippen LogP contribution is -2.43. The molecule has 2 aromatic carbocycles. The Morgan fingerprint density at radius 3 is 2.57 bits per heavy atom. The number of carbonyl (C=O) groups excluding carboxylic acids is 2. The van der Waals surface area contributed by atoms with Gasteiger partial charge < -0.3 is 14.6 Å². The summed E-state index contributed by atoms with van der Waals surface area (Å²) in [6.07, 6.45) is 3.19. The van der Waals surface area contributed by atoms with Crippen molar-refractivity contribution in [3.8, 4) is 11.4 Å². The molecular weight excluding hydrogens is 490 g/mol. The Balaban J connectivity index is 1.59. The van der Waals surface area contributed by atoms with Gasteiger partial charge in [-0.15, -0.1) is 0 Å². The van der Waals surface area contributed by atoms with Crippen LogP contribution in [0.15, 0.2) is 59.4 Å². The normalized spacial score (nSPS) is 15.6. The fourth-order valence-corrected chi connectivity index (χ4v) is 5.00. The lowest BCUT2D eigenvalue weighted by Gasteiger charge is -2.34. The van der Waals surface area contributed by atoms with Crippen LogP contribution >= 0.6 is 11.6 Å². The molecule has 37 heavy (non-hydrogen) atoms. The Hall–Kier alpha value is -3.45. The molecule has 0 saturated heterocycles. The number of carbonyl (C=O) groups is 2. The molecule has 1 N–H and O–H groups in total. The van der Waals surface area contributed by atoms with Gasteiger partial charge in [0.2, 0.25) is 5.91 Å². The zero-order valence-electron chi connectivity index (χ0n) is 21.2. The third-order valence-corrected chi connectivity index (χ3v) is 7.13. The first kappa shape index (κ1) is 26.6. The molecular formula is C29H32ClN3O4. The highest BCUT2D eigenvalue weighted by Gasteiger charge is 2.33. The van der Waals surface area contributed by atoms with E-state index in [4.69, 9.17) is 21.3 Å². The lowest BCUT2D eigenvalue weighted by molar-refractivity contribution is -0.149. The second kappa shape index (κ2) is 12.2. The number of rotatable bonds is 9. The van der Waals surface area contributed by atoms with Crippen molar-refractivity contribution in [2.75, 3.05) is 13.7 Å². The smallest absolute Gasteiger partial charge is 0.309 e. The fourth-order valence-electron chi connectivity index (χ4n) is 4.87. The standard InChI is InChI=1S/C29H32ClN3O4/c1-3-4-10-21-17-33(25(34)16-22(29(36)37-2)15-19-8-6-5-7-9-19)18-24-26(21)31-27(32-28(24)35)20-11-13-23(30)14-12-20/h5-9,11-14,21-22H,3-4,10,15-18H2,1-2H3,(H,31,32,35)/t21?,22-/m1/s1. The summed E-state index contributed by atoms with van der Waals surface area (Å²) >= 11 is 6.02. The van der Waals surface area contributed by atoms with Gasteiger partial charge in [0.1, 0.15) is 5.82 Å². The van der Waals surface area contributed by atoms with E-state index in [1.807, 2.05) is 42.5 Å². The zero-order chi connectivity index (χ0) is 26.4. The number of esters is 1. The van der Waals surface area contributed by atoms with Gasteiger partial charge in [0, 0.05) is 29.5 Å². The molecule has 0 spiro atoms. The first-order valence-electron chi connectivity index (χ1n) is 12.7. The molecule has 2 atom stereocenters. The number of hydrogen-bond acceptors (Lipinski definition) is 5. The summed E-state index contributed by atoms with van der Waals surface area (Å²) in [5, 5.41) is 0.608. The molecule has 1 amide bonds. The molecule has 0 radical (unpaired) electrons. The maximum absolute atomic E-state index is 13.5. The van der Waals surface area contributed by atoms with E-state index in [1.54, 1.807) is 17.0 Å². The monoisotopic (exact) mass is 521 g/mol. The van der Waals surface area contributed by atoms with E-state index in [9.17, 15) is 14.4 Å². The van der Waals surface area contributed by atoms with Gasteiger partial charge in [-0.25, -0.2) is 4.98 Å². The number of aromatic nitrogens is 2. The van der Waals surface area contributed by atoms with Crippen molar-refractivity contribution in [2.24, 2.45) is 5.92 Å². The van der Waals surface area contributed by atoms with Crippen LogP contribution in [0.5, 0.6) is 0 Å². The number of benzene rings is 2. The Kier molecular flexibility index (Phi) is 8.77. The Bertz CT molecular complexity index is 1290. The van der Waals surface area contributed by atoms with Crippen molar-refractivity contribution in [1.29, 1.82) is 0 Å². The van der Waals surface area contributed by atoms with E-state index in [-0.39, 0.29) is 30.3 Å². The summed E-state index contributed by atoms with van der Waals surface area (Å²) in [7, 11) is 1.34. The molecule has 0 bridgehead atoms. The second-order valence-electron chi connectivity index (χ2n) is 9.51. The Morgan fingerprint density at radius 2 is 1.89 bits per heavy atom. The summed E-state index contributed by atoms with van der Waals surface area (Å²) in [6.45, 7) is 2.74. The zero-order valence-corrected chi connectivity index (χ0v) is 22.0. The minimum atomic E-state index is -0.598. The van der Waals surface area contributed by atoms with Gasteiger partial charge in [-0.3, -0.25) is 14.4 Å². The van der Waals surface area contributed by atoms with Crippen LogP contribution in [0.1, 0.15) is 55.3 Å². The molecule has 1 aliphatic heterocycles. The molecule has 0 fully saturated rings. The van der Waals surface area contributed by atoms with Crippen molar-refractivity contribution in [1.82, 2.24) is 14.9 Å². The van der Waals surface area contributed by atoms with Gasteiger partial charge in [0.15, 0.2) is 0 Å². The molecule has 1 aromatic heterocycles. The number of nitrogens with one attached hydrogen (secondary N) is 1. The fraction of sp³-hybridized carbons (Fsp3) is 0.379. The predicted molar refractivity (Wildman–Crippen MR) is 143 cm³/mol. The van der Waals surface area contributed by atoms with Crippen molar-refractivity contribution in [3.63, 3.8) is 0 Å². The van der Waals surface area contributed by atoms with E-state index >= 15 is 0 Å². The lowest BCUT2D eigenvalue weighted by atomic mass is 9.89. The maximum atomic E-state index is 13.5. The molecule has 7 nitrogen and oxygen atoms in total. The average molecular weight is 522 g/mol.